The Labute approximate surface area is 105 Å². The third kappa shape index (κ3) is 3.00. The summed E-state index contributed by atoms with van der Waals surface area (Å²) in [5.74, 6) is 2.09. The van der Waals surface area contributed by atoms with Crippen LogP contribution in [0, 0.1) is 40.9 Å². The highest BCUT2D eigenvalue weighted by Gasteiger charge is 2.39. The van der Waals surface area contributed by atoms with Gasteiger partial charge < -0.3 is 5.32 Å². The normalized spacial score (nSPS) is 31.6. The lowest BCUT2D eigenvalue weighted by atomic mass is 9.74. The number of hydrogen-bond donors (Lipinski definition) is 1. The minimum atomic E-state index is -0.0580. The van der Waals surface area contributed by atoms with Gasteiger partial charge in [0, 0.05) is 19.4 Å². The molecule has 0 saturated heterocycles. The van der Waals surface area contributed by atoms with Crippen LogP contribution in [0.2, 0.25) is 0 Å². The van der Waals surface area contributed by atoms with Crippen molar-refractivity contribution in [1.82, 2.24) is 5.32 Å². The van der Waals surface area contributed by atoms with E-state index in [1.165, 1.54) is 6.42 Å². The van der Waals surface area contributed by atoms with Gasteiger partial charge in [-0.15, -0.1) is 0 Å². The first-order chi connectivity index (χ1) is 8.02. The van der Waals surface area contributed by atoms with Gasteiger partial charge in [-0.2, -0.15) is 5.26 Å². The molecule has 96 valence electrons. The van der Waals surface area contributed by atoms with Gasteiger partial charge >= 0.3 is 0 Å². The second-order valence-electron chi connectivity index (χ2n) is 5.51. The van der Waals surface area contributed by atoms with Crippen LogP contribution in [0.5, 0.6) is 0 Å². The van der Waals surface area contributed by atoms with Gasteiger partial charge in [-0.1, -0.05) is 27.2 Å². The molecule has 0 radical (unpaired) electrons. The molecule has 1 aliphatic carbocycles. The molecule has 17 heavy (non-hydrogen) atoms. The van der Waals surface area contributed by atoms with E-state index in [1.54, 1.807) is 7.05 Å². The zero-order valence-corrected chi connectivity index (χ0v) is 11.4. The molecule has 0 aromatic carbocycles. The number of nitrogens with zero attached hydrogens (tertiary/aromatic N) is 1. The Morgan fingerprint density at radius 1 is 1.47 bits per heavy atom. The molecule has 1 aliphatic rings. The standard InChI is InChI=1S/C14H24N2O/c1-9-5-6-12(10(9)2)13(7-8-15)11(3)14(17)16-4/h9-13H,5-7H2,1-4H3,(H,16,17)/t9-,10-,11?,12+,13?/m1/s1. The fourth-order valence-corrected chi connectivity index (χ4v) is 3.23. The third-order valence-corrected chi connectivity index (χ3v) is 4.71. The van der Waals surface area contributed by atoms with E-state index in [1.807, 2.05) is 6.92 Å². The number of hydrogen-bond acceptors (Lipinski definition) is 2. The maximum atomic E-state index is 11.8. The lowest BCUT2D eigenvalue weighted by molar-refractivity contribution is -0.126. The molecule has 5 atom stereocenters. The molecule has 1 N–H and O–H groups in total. The summed E-state index contributed by atoms with van der Waals surface area (Å²) in [5.41, 5.74) is 0. The van der Waals surface area contributed by atoms with Crippen LogP contribution in [0.15, 0.2) is 0 Å². The number of rotatable bonds is 4. The number of carbonyl (C=O) groups excluding carboxylic acids is 1. The Morgan fingerprint density at radius 3 is 2.53 bits per heavy atom. The van der Waals surface area contributed by atoms with Crippen LogP contribution in [-0.2, 0) is 4.79 Å². The second-order valence-corrected chi connectivity index (χ2v) is 5.51. The Morgan fingerprint density at radius 2 is 2.12 bits per heavy atom. The second kappa shape index (κ2) is 6.05. The van der Waals surface area contributed by atoms with Crippen molar-refractivity contribution >= 4 is 5.91 Å². The first-order valence-electron chi connectivity index (χ1n) is 6.61. The van der Waals surface area contributed by atoms with E-state index in [2.05, 4.69) is 25.2 Å². The van der Waals surface area contributed by atoms with Gasteiger partial charge in [-0.3, -0.25) is 4.79 Å². The lowest BCUT2D eigenvalue weighted by Gasteiger charge is -2.30. The van der Waals surface area contributed by atoms with Crippen LogP contribution in [0.4, 0.5) is 0 Å². The Balaban J connectivity index is 2.79. The summed E-state index contributed by atoms with van der Waals surface area (Å²) < 4.78 is 0. The molecule has 0 aromatic heterocycles. The first-order valence-corrected chi connectivity index (χ1v) is 6.61. The molecular weight excluding hydrogens is 212 g/mol. The van der Waals surface area contributed by atoms with Crippen molar-refractivity contribution in [2.45, 2.75) is 40.0 Å². The first kappa shape index (κ1) is 14.0. The van der Waals surface area contributed by atoms with Crippen molar-refractivity contribution in [2.24, 2.45) is 29.6 Å². The summed E-state index contributed by atoms with van der Waals surface area (Å²) >= 11 is 0. The van der Waals surface area contributed by atoms with E-state index in [0.29, 0.717) is 18.3 Å². The predicted octanol–water partition coefficient (Wildman–Crippen LogP) is 2.58. The summed E-state index contributed by atoms with van der Waals surface area (Å²) in [6, 6.07) is 2.26. The number of nitrogens with one attached hydrogen (secondary N) is 1. The van der Waals surface area contributed by atoms with Gasteiger partial charge in [-0.25, -0.2) is 0 Å². The van der Waals surface area contributed by atoms with E-state index in [0.717, 1.165) is 12.3 Å². The summed E-state index contributed by atoms with van der Waals surface area (Å²) in [7, 11) is 1.67. The lowest BCUT2D eigenvalue weighted by Crippen LogP contribution is -2.35. The fraction of sp³-hybridized carbons (Fsp3) is 0.857. The zero-order chi connectivity index (χ0) is 13.0. The van der Waals surface area contributed by atoms with E-state index in [-0.39, 0.29) is 17.7 Å². The Kier molecular flexibility index (Phi) is 4.99. The maximum absolute atomic E-state index is 11.8. The molecule has 3 nitrogen and oxygen atoms in total. The van der Waals surface area contributed by atoms with Gasteiger partial charge in [0.05, 0.1) is 6.07 Å². The van der Waals surface area contributed by atoms with Crippen molar-refractivity contribution in [3.8, 4) is 6.07 Å². The monoisotopic (exact) mass is 236 g/mol. The maximum Gasteiger partial charge on any atom is 0.222 e. The molecule has 2 unspecified atom stereocenters. The predicted molar refractivity (Wildman–Crippen MR) is 68.0 cm³/mol. The van der Waals surface area contributed by atoms with Crippen molar-refractivity contribution in [3.05, 3.63) is 0 Å². The summed E-state index contributed by atoms with van der Waals surface area (Å²) in [6.07, 6.45) is 2.89. The largest absolute Gasteiger partial charge is 0.359 e. The fourth-order valence-electron chi connectivity index (χ4n) is 3.23. The molecule has 1 rings (SSSR count). The Bertz CT molecular complexity index is 308. The highest BCUT2D eigenvalue weighted by Crippen LogP contribution is 2.44. The summed E-state index contributed by atoms with van der Waals surface area (Å²) in [6.45, 7) is 6.50. The van der Waals surface area contributed by atoms with Crippen molar-refractivity contribution < 1.29 is 4.79 Å². The molecule has 0 bridgehead atoms. The van der Waals surface area contributed by atoms with Gasteiger partial charge in [0.25, 0.3) is 0 Å². The quantitative estimate of drug-likeness (QED) is 0.815. The minimum absolute atomic E-state index is 0.0580. The topological polar surface area (TPSA) is 52.9 Å². The van der Waals surface area contributed by atoms with Crippen LogP contribution in [0.3, 0.4) is 0 Å². The molecule has 1 fully saturated rings. The molecule has 0 spiro atoms. The van der Waals surface area contributed by atoms with Crippen molar-refractivity contribution in [3.63, 3.8) is 0 Å². The Hall–Kier alpha value is -1.04. The molecular formula is C14H24N2O. The van der Waals surface area contributed by atoms with Crippen molar-refractivity contribution in [1.29, 1.82) is 5.26 Å². The van der Waals surface area contributed by atoms with E-state index in [9.17, 15) is 4.79 Å². The molecule has 0 heterocycles. The summed E-state index contributed by atoms with van der Waals surface area (Å²) in [5, 5.41) is 11.7. The highest BCUT2D eigenvalue weighted by atomic mass is 16.1. The third-order valence-electron chi connectivity index (χ3n) is 4.71. The molecule has 0 aromatic rings. The zero-order valence-electron chi connectivity index (χ0n) is 11.4. The van der Waals surface area contributed by atoms with Gasteiger partial charge in [0.15, 0.2) is 0 Å². The van der Waals surface area contributed by atoms with Crippen LogP contribution in [0.1, 0.15) is 40.0 Å². The highest BCUT2D eigenvalue weighted by molar-refractivity contribution is 5.78. The number of nitriles is 1. The smallest absolute Gasteiger partial charge is 0.222 e. The van der Waals surface area contributed by atoms with Crippen LogP contribution in [-0.4, -0.2) is 13.0 Å². The van der Waals surface area contributed by atoms with Gasteiger partial charge in [-0.05, 0) is 30.1 Å². The van der Waals surface area contributed by atoms with Crippen LogP contribution < -0.4 is 5.32 Å². The minimum Gasteiger partial charge on any atom is -0.359 e. The molecule has 0 aliphatic heterocycles. The van der Waals surface area contributed by atoms with Crippen LogP contribution >= 0.6 is 0 Å². The van der Waals surface area contributed by atoms with Crippen molar-refractivity contribution in [2.75, 3.05) is 7.05 Å². The number of amides is 1. The molecule has 1 saturated carbocycles. The average Bonchev–Trinajstić information content (AvgIpc) is 2.65. The number of carbonyl (C=O) groups is 1. The molecule has 3 heteroatoms. The van der Waals surface area contributed by atoms with E-state index in [4.69, 9.17) is 5.26 Å². The van der Waals surface area contributed by atoms with E-state index < -0.39 is 0 Å². The van der Waals surface area contributed by atoms with Crippen LogP contribution in [0.25, 0.3) is 0 Å². The van der Waals surface area contributed by atoms with E-state index >= 15 is 0 Å². The summed E-state index contributed by atoms with van der Waals surface area (Å²) in [4.78, 5) is 11.8. The average molecular weight is 236 g/mol. The van der Waals surface area contributed by atoms with Gasteiger partial charge in [0.1, 0.15) is 0 Å². The SMILES string of the molecule is CNC(=O)C(C)C(CC#N)[C@H]1CC[C@@H](C)[C@H]1C. The van der Waals surface area contributed by atoms with Gasteiger partial charge in [0.2, 0.25) is 5.91 Å². The molecule has 1 amide bonds.